The van der Waals surface area contributed by atoms with Crippen LogP contribution >= 0.6 is 0 Å². The molecule has 3 aromatic heterocycles. The molecule has 0 saturated carbocycles. The van der Waals surface area contributed by atoms with Crippen LogP contribution in [0.15, 0.2) is 47.3 Å². The Labute approximate surface area is 226 Å². The normalized spacial score (nSPS) is 16.0. The number of nitrogens with two attached hydrogens (primary N) is 1. The van der Waals surface area contributed by atoms with Crippen molar-refractivity contribution < 1.29 is 14.3 Å². The van der Waals surface area contributed by atoms with Crippen LogP contribution in [0.1, 0.15) is 32.2 Å². The first-order valence-corrected chi connectivity index (χ1v) is 12.9. The van der Waals surface area contributed by atoms with Crippen LogP contribution in [0, 0.1) is 13.8 Å². The highest BCUT2D eigenvalue weighted by Gasteiger charge is 2.30. The number of anilines is 1. The van der Waals surface area contributed by atoms with Gasteiger partial charge in [0.25, 0.3) is 0 Å². The maximum Gasteiger partial charge on any atom is 0.410 e. The Morgan fingerprint density at radius 1 is 1.10 bits per heavy atom. The molecule has 2 N–H and O–H groups in total. The van der Waals surface area contributed by atoms with E-state index in [0.717, 1.165) is 22.5 Å². The zero-order valence-electron chi connectivity index (χ0n) is 22.8. The summed E-state index contributed by atoms with van der Waals surface area (Å²) in [7, 11) is 0. The molecule has 0 radical (unpaired) electrons. The quantitative estimate of drug-likeness (QED) is 0.424. The molecule has 1 atom stereocenters. The maximum absolute atomic E-state index is 13.6. The number of hydrogen-bond acceptors (Lipinski definition) is 8. The zero-order chi connectivity index (χ0) is 27.9. The molecule has 1 aliphatic rings. The van der Waals surface area contributed by atoms with Crippen molar-refractivity contribution in [2.45, 2.75) is 52.9 Å². The van der Waals surface area contributed by atoms with E-state index in [2.05, 4.69) is 9.97 Å². The average molecular weight is 532 g/mol. The van der Waals surface area contributed by atoms with Crippen LogP contribution in [0.2, 0.25) is 0 Å². The Balaban J connectivity index is 1.58. The van der Waals surface area contributed by atoms with Gasteiger partial charge in [-0.2, -0.15) is 0 Å². The van der Waals surface area contributed by atoms with Gasteiger partial charge in [-0.25, -0.2) is 23.7 Å². The van der Waals surface area contributed by atoms with E-state index in [1.54, 1.807) is 4.90 Å². The van der Waals surface area contributed by atoms with Gasteiger partial charge < -0.3 is 20.1 Å². The van der Waals surface area contributed by atoms with Gasteiger partial charge in [0.05, 0.1) is 37.1 Å². The summed E-state index contributed by atoms with van der Waals surface area (Å²) in [6, 6.07) is 13.5. The molecule has 0 unspecified atom stereocenters. The number of nitrogen functional groups attached to an aromatic ring is 1. The van der Waals surface area contributed by atoms with E-state index in [9.17, 15) is 9.59 Å². The van der Waals surface area contributed by atoms with Crippen molar-refractivity contribution in [3.63, 3.8) is 0 Å². The van der Waals surface area contributed by atoms with E-state index >= 15 is 0 Å². The molecule has 4 aromatic rings. The van der Waals surface area contributed by atoms with Crippen molar-refractivity contribution in [2.75, 3.05) is 25.4 Å². The van der Waals surface area contributed by atoms with Gasteiger partial charge in [-0.1, -0.05) is 30.3 Å². The van der Waals surface area contributed by atoms with Crippen LogP contribution < -0.4 is 11.4 Å². The molecule has 11 nitrogen and oxygen atoms in total. The van der Waals surface area contributed by atoms with Gasteiger partial charge in [0, 0.05) is 23.5 Å². The number of pyridine rings is 1. The third-order valence-electron chi connectivity index (χ3n) is 6.34. The minimum atomic E-state index is -0.607. The minimum absolute atomic E-state index is 0.0336. The van der Waals surface area contributed by atoms with Crippen LogP contribution in [0.25, 0.3) is 28.0 Å². The van der Waals surface area contributed by atoms with Gasteiger partial charge in [0.15, 0.2) is 5.65 Å². The summed E-state index contributed by atoms with van der Waals surface area (Å²) in [5.41, 5.74) is 10.3. The van der Waals surface area contributed by atoms with E-state index in [1.807, 2.05) is 77.1 Å². The standard InChI is InChI=1S/C28H33N7O4/c1-17-13-20(14-18(2)30-17)22-23(19-9-7-6-8-10-19)31-25(29)35-24(22)32-34(26(35)36)16-21-15-33(11-12-38-21)27(37)39-28(3,4)5/h6-10,13-14,21H,11-12,15-16H2,1-5H3,(H2,29,31)/t21-/m0/s1. The Hall–Kier alpha value is -4.25. The average Bonchev–Trinajstić information content (AvgIpc) is 3.19. The SMILES string of the molecule is Cc1cc(-c2c(-c3ccccc3)nc(N)n3c(=O)n(C[C@@H]4CN(C(=O)OC(C)(C)C)CCO4)nc23)cc(C)n1. The van der Waals surface area contributed by atoms with E-state index in [0.29, 0.717) is 30.1 Å². The molecule has 11 heteroatoms. The highest BCUT2D eigenvalue weighted by Crippen LogP contribution is 2.34. The lowest BCUT2D eigenvalue weighted by molar-refractivity contribution is -0.0486. The number of ether oxygens (including phenoxy) is 2. The number of carbonyl (C=O) groups excluding carboxylic acids is 1. The molecule has 1 fully saturated rings. The second-order valence-corrected chi connectivity index (χ2v) is 10.7. The second kappa shape index (κ2) is 10.1. The number of fused-ring (bicyclic) bond motifs is 1. The molecule has 0 spiro atoms. The molecule has 1 aromatic carbocycles. The number of aryl methyl sites for hydroxylation is 2. The summed E-state index contributed by atoms with van der Waals surface area (Å²) in [5, 5.41) is 4.73. The number of benzene rings is 1. The number of rotatable bonds is 4. The minimum Gasteiger partial charge on any atom is -0.444 e. The Morgan fingerprint density at radius 2 is 1.79 bits per heavy atom. The fraction of sp³-hybridized carbons (Fsp3) is 0.393. The van der Waals surface area contributed by atoms with Crippen LogP contribution in [-0.2, 0) is 16.0 Å². The van der Waals surface area contributed by atoms with Crippen molar-refractivity contribution in [2.24, 2.45) is 0 Å². The lowest BCUT2D eigenvalue weighted by Crippen LogP contribution is -2.49. The molecular formula is C28H33N7O4. The van der Waals surface area contributed by atoms with Crippen LogP contribution in [0.4, 0.5) is 10.7 Å². The number of carbonyl (C=O) groups is 1. The fourth-order valence-electron chi connectivity index (χ4n) is 4.79. The molecule has 1 aliphatic heterocycles. The molecule has 0 aliphatic carbocycles. The monoisotopic (exact) mass is 531 g/mol. The zero-order valence-corrected chi connectivity index (χ0v) is 22.8. The van der Waals surface area contributed by atoms with E-state index in [-0.39, 0.29) is 19.0 Å². The van der Waals surface area contributed by atoms with Crippen LogP contribution in [-0.4, -0.2) is 66.5 Å². The summed E-state index contributed by atoms with van der Waals surface area (Å²) in [4.78, 5) is 36.9. The Kier molecular flexibility index (Phi) is 6.85. The summed E-state index contributed by atoms with van der Waals surface area (Å²) in [6.07, 6.45) is -0.865. The first-order valence-electron chi connectivity index (χ1n) is 12.9. The number of hydrogen-bond donors (Lipinski definition) is 1. The number of aromatic nitrogens is 5. The van der Waals surface area contributed by atoms with Crippen molar-refractivity contribution in [1.82, 2.24) is 29.0 Å². The number of amides is 1. The van der Waals surface area contributed by atoms with Gasteiger partial charge in [0.2, 0.25) is 5.95 Å². The maximum atomic E-state index is 13.6. The van der Waals surface area contributed by atoms with E-state index in [4.69, 9.17) is 20.3 Å². The van der Waals surface area contributed by atoms with Crippen molar-refractivity contribution >= 4 is 17.7 Å². The molecule has 1 amide bonds. The van der Waals surface area contributed by atoms with Gasteiger partial charge >= 0.3 is 11.8 Å². The Morgan fingerprint density at radius 3 is 2.46 bits per heavy atom. The number of morpholine rings is 1. The number of nitrogens with zero attached hydrogens (tertiary/aromatic N) is 6. The highest BCUT2D eigenvalue weighted by atomic mass is 16.6. The first-order chi connectivity index (χ1) is 18.5. The van der Waals surface area contributed by atoms with Gasteiger partial charge in [-0.3, -0.25) is 4.98 Å². The van der Waals surface area contributed by atoms with Crippen molar-refractivity contribution in [1.29, 1.82) is 0 Å². The topological polar surface area (TPSA) is 130 Å². The molecular weight excluding hydrogens is 498 g/mol. The summed E-state index contributed by atoms with van der Waals surface area (Å²) >= 11 is 0. The smallest absolute Gasteiger partial charge is 0.410 e. The van der Waals surface area contributed by atoms with Crippen molar-refractivity contribution in [3.05, 3.63) is 64.3 Å². The lowest BCUT2D eigenvalue weighted by atomic mass is 9.99. The molecule has 5 rings (SSSR count). The predicted octanol–water partition coefficient (Wildman–Crippen LogP) is 3.45. The molecule has 1 saturated heterocycles. The summed E-state index contributed by atoms with van der Waals surface area (Å²) in [6.45, 7) is 10.5. The van der Waals surface area contributed by atoms with Gasteiger partial charge in [-0.05, 0) is 52.3 Å². The summed E-state index contributed by atoms with van der Waals surface area (Å²) < 4.78 is 14.1. The van der Waals surface area contributed by atoms with Crippen molar-refractivity contribution in [3.8, 4) is 22.4 Å². The van der Waals surface area contributed by atoms with Gasteiger partial charge in [0.1, 0.15) is 5.60 Å². The highest BCUT2D eigenvalue weighted by molar-refractivity contribution is 5.90. The third-order valence-corrected chi connectivity index (χ3v) is 6.34. The predicted molar refractivity (Wildman–Crippen MR) is 147 cm³/mol. The van der Waals surface area contributed by atoms with E-state index < -0.39 is 23.5 Å². The first kappa shape index (κ1) is 26.4. The molecule has 0 bridgehead atoms. The molecule has 4 heterocycles. The van der Waals surface area contributed by atoms with E-state index in [1.165, 1.54) is 9.08 Å². The lowest BCUT2D eigenvalue weighted by Gasteiger charge is -2.34. The third kappa shape index (κ3) is 5.49. The molecule has 204 valence electrons. The Bertz CT molecular complexity index is 1570. The second-order valence-electron chi connectivity index (χ2n) is 10.7. The van der Waals surface area contributed by atoms with Crippen LogP contribution in [0.3, 0.4) is 0 Å². The van der Waals surface area contributed by atoms with Gasteiger partial charge in [-0.15, -0.1) is 5.10 Å². The summed E-state index contributed by atoms with van der Waals surface area (Å²) in [5.74, 6) is 0.0336. The molecule has 39 heavy (non-hydrogen) atoms. The van der Waals surface area contributed by atoms with Crippen LogP contribution in [0.5, 0.6) is 0 Å². The fourth-order valence-corrected chi connectivity index (χ4v) is 4.79. The largest absolute Gasteiger partial charge is 0.444 e.